The molecule has 4 rings (SSSR count). The standard InChI is InChI=1S/C18H22N4O3/c1-13-19-17(20-25-13)12-21-8-10-22(11-9-21)18(23)16-7-6-14-4-2-3-5-15(14)24-16/h2-5,16H,6-12H2,1H3. The number of ether oxygens (including phenoxy) is 1. The number of fused-ring (bicyclic) bond motifs is 1. The molecule has 1 saturated heterocycles. The van der Waals surface area contributed by atoms with Crippen LogP contribution in [0.25, 0.3) is 0 Å². The van der Waals surface area contributed by atoms with Crippen LogP contribution in [-0.2, 0) is 17.8 Å². The van der Waals surface area contributed by atoms with E-state index in [4.69, 9.17) is 9.26 Å². The molecule has 1 amide bonds. The third-order valence-electron chi connectivity index (χ3n) is 4.81. The molecule has 0 spiro atoms. The van der Waals surface area contributed by atoms with E-state index in [1.54, 1.807) is 6.92 Å². The first kappa shape index (κ1) is 16.1. The van der Waals surface area contributed by atoms with E-state index in [1.807, 2.05) is 23.1 Å². The molecule has 1 aromatic heterocycles. The summed E-state index contributed by atoms with van der Waals surface area (Å²) in [4.78, 5) is 21.2. The van der Waals surface area contributed by atoms with Crippen molar-refractivity contribution >= 4 is 5.91 Å². The van der Waals surface area contributed by atoms with Crippen LogP contribution in [0.1, 0.15) is 23.7 Å². The van der Waals surface area contributed by atoms with Crippen molar-refractivity contribution in [1.29, 1.82) is 0 Å². The van der Waals surface area contributed by atoms with E-state index >= 15 is 0 Å². The minimum Gasteiger partial charge on any atom is -0.480 e. The maximum absolute atomic E-state index is 12.8. The van der Waals surface area contributed by atoms with Crippen molar-refractivity contribution in [2.24, 2.45) is 0 Å². The molecular weight excluding hydrogens is 320 g/mol. The molecule has 7 nitrogen and oxygen atoms in total. The molecule has 0 aliphatic carbocycles. The van der Waals surface area contributed by atoms with Crippen LogP contribution in [0.5, 0.6) is 5.75 Å². The van der Waals surface area contributed by atoms with Gasteiger partial charge in [-0.1, -0.05) is 23.4 Å². The van der Waals surface area contributed by atoms with Crippen molar-refractivity contribution in [3.8, 4) is 5.75 Å². The molecule has 132 valence electrons. The van der Waals surface area contributed by atoms with Crippen LogP contribution in [0.2, 0.25) is 0 Å². The molecular formula is C18H22N4O3. The van der Waals surface area contributed by atoms with Gasteiger partial charge in [0, 0.05) is 33.1 Å². The SMILES string of the molecule is Cc1nc(CN2CCN(C(=O)C3CCc4ccccc4O3)CC2)no1. The lowest BCUT2D eigenvalue weighted by Gasteiger charge is -2.36. The second-order valence-corrected chi connectivity index (χ2v) is 6.58. The largest absolute Gasteiger partial charge is 0.480 e. The number of benzene rings is 1. The highest BCUT2D eigenvalue weighted by Crippen LogP contribution is 2.28. The summed E-state index contributed by atoms with van der Waals surface area (Å²) in [7, 11) is 0. The lowest BCUT2D eigenvalue weighted by atomic mass is 10.0. The maximum atomic E-state index is 12.8. The number of hydrogen-bond acceptors (Lipinski definition) is 6. The zero-order valence-electron chi connectivity index (χ0n) is 14.4. The van der Waals surface area contributed by atoms with Crippen molar-refractivity contribution < 1.29 is 14.1 Å². The van der Waals surface area contributed by atoms with Crippen molar-refractivity contribution in [3.63, 3.8) is 0 Å². The number of aryl methyl sites for hydroxylation is 2. The molecule has 1 aromatic carbocycles. The van der Waals surface area contributed by atoms with Crippen LogP contribution < -0.4 is 4.74 Å². The molecule has 7 heteroatoms. The Kier molecular flexibility index (Phi) is 4.40. The average Bonchev–Trinajstić information content (AvgIpc) is 3.06. The summed E-state index contributed by atoms with van der Waals surface area (Å²) in [5.41, 5.74) is 1.19. The highest BCUT2D eigenvalue weighted by atomic mass is 16.5. The monoisotopic (exact) mass is 342 g/mol. The van der Waals surface area contributed by atoms with Gasteiger partial charge in [-0.3, -0.25) is 9.69 Å². The van der Waals surface area contributed by atoms with Crippen LogP contribution in [-0.4, -0.2) is 58.1 Å². The molecule has 2 aromatic rings. The predicted molar refractivity (Wildman–Crippen MR) is 90.1 cm³/mol. The number of amides is 1. The zero-order chi connectivity index (χ0) is 17.2. The molecule has 1 atom stereocenters. The smallest absolute Gasteiger partial charge is 0.263 e. The molecule has 2 aliphatic heterocycles. The quantitative estimate of drug-likeness (QED) is 0.840. The number of carbonyl (C=O) groups excluding carboxylic acids is 1. The molecule has 1 fully saturated rings. The normalized spacial score (nSPS) is 20.8. The summed E-state index contributed by atoms with van der Waals surface area (Å²) < 4.78 is 10.9. The number of piperazine rings is 1. The van der Waals surface area contributed by atoms with Gasteiger partial charge in [0.1, 0.15) is 5.75 Å². The van der Waals surface area contributed by atoms with E-state index in [1.165, 1.54) is 5.56 Å². The van der Waals surface area contributed by atoms with Gasteiger partial charge in [0.25, 0.3) is 5.91 Å². The molecule has 25 heavy (non-hydrogen) atoms. The second-order valence-electron chi connectivity index (χ2n) is 6.58. The average molecular weight is 342 g/mol. The van der Waals surface area contributed by atoms with Crippen LogP contribution in [0.15, 0.2) is 28.8 Å². The van der Waals surface area contributed by atoms with Gasteiger partial charge in [-0.15, -0.1) is 0 Å². The number of carbonyl (C=O) groups is 1. The summed E-state index contributed by atoms with van der Waals surface area (Å²) in [6.07, 6.45) is 1.28. The van der Waals surface area contributed by atoms with Gasteiger partial charge in [-0.05, 0) is 24.5 Å². The van der Waals surface area contributed by atoms with Crippen molar-refractivity contribution in [2.45, 2.75) is 32.4 Å². The number of aromatic nitrogens is 2. The van der Waals surface area contributed by atoms with E-state index in [2.05, 4.69) is 21.1 Å². The summed E-state index contributed by atoms with van der Waals surface area (Å²) in [6, 6.07) is 7.97. The highest BCUT2D eigenvalue weighted by Gasteiger charge is 2.31. The minimum absolute atomic E-state index is 0.101. The molecule has 1 unspecified atom stereocenters. The number of para-hydroxylation sites is 1. The Labute approximate surface area is 146 Å². The highest BCUT2D eigenvalue weighted by molar-refractivity contribution is 5.81. The Morgan fingerprint density at radius 3 is 2.80 bits per heavy atom. The van der Waals surface area contributed by atoms with Crippen molar-refractivity contribution in [3.05, 3.63) is 41.5 Å². The van der Waals surface area contributed by atoms with Crippen LogP contribution in [0, 0.1) is 6.92 Å². The fraction of sp³-hybridized carbons (Fsp3) is 0.500. The van der Waals surface area contributed by atoms with Crippen LogP contribution >= 0.6 is 0 Å². The first-order valence-electron chi connectivity index (χ1n) is 8.74. The molecule has 0 bridgehead atoms. The van der Waals surface area contributed by atoms with Gasteiger partial charge in [0.2, 0.25) is 5.89 Å². The lowest BCUT2D eigenvalue weighted by Crippen LogP contribution is -2.52. The summed E-state index contributed by atoms with van der Waals surface area (Å²) in [5.74, 6) is 2.23. The number of rotatable bonds is 3. The summed E-state index contributed by atoms with van der Waals surface area (Å²) >= 11 is 0. The summed E-state index contributed by atoms with van der Waals surface area (Å²) in [5, 5.41) is 3.93. The van der Waals surface area contributed by atoms with Crippen LogP contribution in [0.4, 0.5) is 0 Å². The fourth-order valence-electron chi connectivity index (χ4n) is 3.43. The summed E-state index contributed by atoms with van der Waals surface area (Å²) in [6.45, 7) is 5.47. The van der Waals surface area contributed by atoms with Gasteiger partial charge < -0.3 is 14.2 Å². The van der Waals surface area contributed by atoms with E-state index in [0.717, 1.165) is 31.7 Å². The first-order chi connectivity index (χ1) is 12.2. The van der Waals surface area contributed by atoms with Gasteiger partial charge in [-0.25, -0.2) is 0 Å². The second kappa shape index (κ2) is 6.84. The van der Waals surface area contributed by atoms with Crippen LogP contribution in [0.3, 0.4) is 0 Å². The van der Waals surface area contributed by atoms with Gasteiger partial charge in [0.15, 0.2) is 11.9 Å². The lowest BCUT2D eigenvalue weighted by molar-refractivity contribution is -0.141. The Morgan fingerprint density at radius 2 is 2.04 bits per heavy atom. The molecule has 3 heterocycles. The van der Waals surface area contributed by atoms with E-state index in [9.17, 15) is 4.79 Å². The van der Waals surface area contributed by atoms with Gasteiger partial charge in [0.05, 0.1) is 6.54 Å². The molecule has 2 aliphatic rings. The van der Waals surface area contributed by atoms with E-state index < -0.39 is 0 Å². The van der Waals surface area contributed by atoms with Gasteiger partial charge >= 0.3 is 0 Å². The minimum atomic E-state index is -0.360. The first-order valence-corrected chi connectivity index (χ1v) is 8.74. The zero-order valence-corrected chi connectivity index (χ0v) is 14.4. The van der Waals surface area contributed by atoms with Crippen molar-refractivity contribution in [1.82, 2.24) is 19.9 Å². The van der Waals surface area contributed by atoms with E-state index in [0.29, 0.717) is 31.3 Å². The van der Waals surface area contributed by atoms with E-state index in [-0.39, 0.29) is 12.0 Å². The topological polar surface area (TPSA) is 71.7 Å². The number of nitrogens with zero attached hydrogens (tertiary/aromatic N) is 4. The predicted octanol–water partition coefficient (Wildman–Crippen LogP) is 1.42. The Morgan fingerprint density at radius 1 is 1.24 bits per heavy atom. The Balaban J connectivity index is 1.31. The maximum Gasteiger partial charge on any atom is 0.263 e. The fourth-order valence-corrected chi connectivity index (χ4v) is 3.43. The third-order valence-corrected chi connectivity index (χ3v) is 4.81. The molecule has 0 N–H and O–H groups in total. The third kappa shape index (κ3) is 3.51. The molecule has 0 radical (unpaired) electrons. The number of hydrogen-bond donors (Lipinski definition) is 0. The Bertz CT molecular complexity index is 752. The van der Waals surface area contributed by atoms with Crippen molar-refractivity contribution in [2.75, 3.05) is 26.2 Å². The van der Waals surface area contributed by atoms with Gasteiger partial charge in [-0.2, -0.15) is 4.98 Å². The Hall–Kier alpha value is -2.41. The molecule has 0 saturated carbocycles.